The molecule has 0 spiro atoms. The second-order valence-corrected chi connectivity index (χ2v) is 2.41. The van der Waals surface area contributed by atoms with Crippen LogP contribution >= 0.6 is 0 Å². The van der Waals surface area contributed by atoms with Crippen LogP contribution in [-0.2, 0) is 9.47 Å². The first kappa shape index (κ1) is 11.8. The first-order valence-corrected chi connectivity index (χ1v) is 3.78. The van der Waals surface area contributed by atoms with Gasteiger partial charge in [0.05, 0.1) is 13.2 Å². The van der Waals surface area contributed by atoms with Gasteiger partial charge in [-0.15, -0.1) is 0 Å². The van der Waals surface area contributed by atoms with Gasteiger partial charge in [-0.2, -0.15) is 0 Å². The average molecular weight is 180 g/mol. The molecule has 0 aromatic carbocycles. The van der Waals surface area contributed by atoms with Crippen LogP contribution in [0.5, 0.6) is 0 Å². The monoisotopic (exact) mass is 180 g/mol. The second kappa shape index (κ2) is 7.45. The number of aliphatic hydroxyl groups is 3. The lowest BCUT2D eigenvalue weighted by atomic mass is 10.4. The maximum absolute atomic E-state index is 9.04. The standard InChI is InChI=1S/C7H16O5/c1-11-4-6(9)5-12-7(10)2-3-8/h6-10H,2-5H2,1H3. The Balaban J connectivity index is 3.27. The zero-order chi connectivity index (χ0) is 9.40. The van der Waals surface area contributed by atoms with Crippen molar-refractivity contribution in [3.05, 3.63) is 0 Å². The summed E-state index contributed by atoms with van der Waals surface area (Å²) in [5.74, 6) is 0. The van der Waals surface area contributed by atoms with E-state index >= 15 is 0 Å². The zero-order valence-electron chi connectivity index (χ0n) is 7.14. The fourth-order valence-electron chi connectivity index (χ4n) is 0.656. The Morgan fingerprint density at radius 3 is 2.42 bits per heavy atom. The highest BCUT2D eigenvalue weighted by Gasteiger charge is 2.07. The van der Waals surface area contributed by atoms with Crippen molar-refractivity contribution in [1.82, 2.24) is 0 Å². The summed E-state index contributed by atoms with van der Waals surface area (Å²) in [5.41, 5.74) is 0. The summed E-state index contributed by atoms with van der Waals surface area (Å²) in [5, 5.41) is 26.4. The molecule has 5 heteroatoms. The van der Waals surface area contributed by atoms with Gasteiger partial charge < -0.3 is 24.8 Å². The van der Waals surface area contributed by atoms with Gasteiger partial charge in [-0.3, -0.25) is 0 Å². The van der Waals surface area contributed by atoms with Gasteiger partial charge in [-0.1, -0.05) is 0 Å². The Labute approximate surface area is 71.5 Å². The van der Waals surface area contributed by atoms with E-state index in [1.165, 1.54) is 7.11 Å². The van der Waals surface area contributed by atoms with E-state index in [1.54, 1.807) is 0 Å². The van der Waals surface area contributed by atoms with E-state index in [0.717, 1.165) is 0 Å². The number of hydrogen-bond acceptors (Lipinski definition) is 5. The molecule has 2 unspecified atom stereocenters. The highest BCUT2D eigenvalue weighted by atomic mass is 16.6. The molecular formula is C7H16O5. The molecule has 0 amide bonds. The van der Waals surface area contributed by atoms with Gasteiger partial charge in [-0.25, -0.2) is 0 Å². The molecule has 0 fully saturated rings. The molecule has 0 radical (unpaired) electrons. The molecule has 0 aliphatic carbocycles. The number of methoxy groups -OCH3 is 1. The Bertz CT molecular complexity index is 85.8. The summed E-state index contributed by atoms with van der Waals surface area (Å²) in [4.78, 5) is 0. The van der Waals surface area contributed by atoms with Gasteiger partial charge in [0.2, 0.25) is 0 Å². The number of hydrogen-bond donors (Lipinski definition) is 3. The zero-order valence-corrected chi connectivity index (χ0v) is 7.14. The molecule has 2 atom stereocenters. The summed E-state index contributed by atoms with van der Waals surface area (Å²) in [6.07, 6.45) is -1.59. The quantitative estimate of drug-likeness (QED) is 0.425. The Morgan fingerprint density at radius 1 is 1.25 bits per heavy atom. The number of ether oxygens (including phenoxy) is 2. The maximum atomic E-state index is 9.04. The summed E-state index contributed by atoms with van der Waals surface area (Å²) >= 11 is 0. The fourth-order valence-corrected chi connectivity index (χ4v) is 0.656. The largest absolute Gasteiger partial charge is 0.396 e. The van der Waals surface area contributed by atoms with Gasteiger partial charge in [0, 0.05) is 20.1 Å². The van der Waals surface area contributed by atoms with Crippen LogP contribution in [0.3, 0.4) is 0 Å². The first-order valence-electron chi connectivity index (χ1n) is 3.78. The number of aliphatic hydroxyl groups excluding tert-OH is 3. The lowest BCUT2D eigenvalue weighted by Gasteiger charge is -2.13. The van der Waals surface area contributed by atoms with Crippen molar-refractivity contribution in [1.29, 1.82) is 0 Å². The Kier molecular flexibility index (Phi) is 7.33. The van der Waals surface area contributed by atoms with Crippen molar-refractivity contribution >= 4 is 0 Å². The van der Waals surface area contributed by atoms with E-state index in [0.29, 0.717) is 0 Å². The van der Waals surface area contributed by atoms with Crippen molar-refractivity contribution < 1.29 is 24.8 Å². The van der Waals surface area contributed by atoms with E-state index in [2.05, 4.69) is 4.74 Å². The van der Waals surface area contributed by atoms with Crippen LogP contribution < -0.4 is 0 Å². The smallest absolute Gasteiger partial charge is 0.156 e. The topological polar surface area (TPSA) is 79.2 Å². The summed E-state index contributed by atoms with van der Waals surface area (Å²) in [6.45, 7) is 0.0440. The number of rotatable bonds is 7. The summed E-state index contributed by atoms with van der Waals surface area (Å²) < 4.78 is 9.40. The lowest BCUT2D eigenvalue weighted by molar-refractivity contribution is -0.135. The van der Waals surface area contributed by atoms with Gasteiger partial charge in [0.15, 0.2) is 6.29 Å². The van der Waals surface area contributed by atoms with Crippen LogP contribution in [0.25, 0.3) is 0 Å². The van der Waals surface area contributed by atoms with Crippen molar-refractivity contribution in [2.75, 3.05) is 26.9 Å². The lowest BCUT2D eigenvalue weighted by Crippen LogP contribution is -2.25. The van der Waals surface area contributed by atoms with E-state index in [-0.39, 0.29) is 26.2 Å². The maximum Gasteiger partial charge on any atom is 0.156 e. The molecule has 0 saturated heterocycles. The molecule has 3 N–H and O–H groups in total. The van der Waals surface area contributed by atoms with Crippen LogP contribution in [0.4, 0.5) is 0 Å². The van der Waals surface area contributed by atoms with Gasteiger partial charge in [0.1, 0.15) is 6.10 Å². The third-order valence-corrected chi connectivity index (χ3v) is 1.22. The molecule has 0 heterocycles. The molecule has 0 rings (SSSR count). The fraction of sp³-hybridized carbons (Fsp3) is 1.00. The summed E-state index contributed by atoms with van der Waals surface area (Å²) in [6, 6.07) is 0. The van der Waals surface area contributed by atoms with E-state index in [1.807, 2.05) is 0 Å². The molecule has 0 aromatic heterocycles. The van der Waals surface area contributed by atoms with Crippen molar-refractivity contribution in [2.24, 2.45) is 0 Å². The van der Waals surface area contributed by atoms with Crippen LogP contribution in [0.2, 0.25) is 0 Å². The van der Waals surface area contributed by atoms with Gasteiger partial charge in [0.25, 0.3) is 0 Å². The molecular weight excluding hydrogens is 164 g/mol. The van der Waals surface area contributed by atoms with Crippen LogP contribution in [0.15, 0.2) is 0 Å². The molecule has 0 bridgehead atoms. The van der Waals surface area contributed by atoms with Crippen LogP contribution in [0, 0.1) is 0 Å². The van der Waals surface area contributed by atoms with Crippen molar-refractivity contribution in [2.45, 2.75) is 18.8 Å². The molecule has 0 aliphatic rings. The summed E-state index contributed by atoms with van der Waals surface area (Å²) in [7, 11) is 1.47. The minimum Gasteiger partial charge on any atom is -0.396 e. The Morgan fingerprint density at radius 2 is 1.92 bits per heavy atom. The first-order chi connectivity index (χ1) is 5.70. The average Bonchev–Trinajstić information content (AvgIpc) is 2.02. The SMILES string of the molecule is COCC(O)COC(O)CCO. The predicted molar refractivity (Wildman–Crippen MR) is 41.5 cm³/mol. The molecule has 0 aliphatic heterocycles. The van der Waals surface area contributed by atoms with Crippen molar-refractivity contribution in [3.63, 3.8) is 0 Å². The second-order valence-electron chi connectivity index (χ2n) is 2.41. The molecule has 0 saturated carbocycles. The van der Waals surface area contributed by atoms with Gasteiger partial charge in [-0.05, 0) is 0 Å². The Hall–Kier alpha value is -0.200. The van der Waals surface area contributed by atoms with Crippen molar-refractivity contribution in [3.8, 4) is 0 Å². The molecule has 74 valence electrons. The minimum absolute atomic E-state index is 0.00894. The van der Waals surface area contributed by atoms with E-state index in [9.17, 15) is 0 Å². The third kappa shape index (κ3) is 6.51. The minimum atomic E-state index is -1.01. The highest BCUT2D eigenvalue weighted by Crippen LogP contribution is 1.95. The van der Waals surface area contributed by atoms with Gasteiger partial charge >= 0.3 is 0 Å². The van der Waals surface area contributed by atoms with Crippen LogP contribution in [-0.4, -0.2) is 54.6 Å². The normalized spacial score (nSPS) is 16.0. The van der Waals surface area contributed by atoms with E-state index in [4.69, 9.17) is 20.1 Å². The highest BCUT2D eigenvalue weighted by molar-refractivity contribution is 4.51. The van der Waals surface area contributed by atoms with Crippen LogP contribution in [0.1, 0.15) is 6.42 Å². The predicted octanol–water partition coefficient (Wildman–Crippen LogP) is -1.29. The molecule has 12 heavy (non-hydrogen) atoms. The molecule has 5 nitrogen and oxygen atoms in total. The van der Waals surface area contributed by atoms with E-state index < -0.39 is 12.4 Å². The third-order valence-electron chi connectivity index (χ3n) is 1.22. The molecule has 0 aromatic rings.